The largest absolute Gasteiger partial charge is 0.445 e. The molecule has 1 heterocycles. The summed E-state index contributed by atoms with van der Waals surface area (Å²) in [7, 11) is 0. The highest BCUT2D eigenvalue weighted by molar-refractivity contribution is 5.08. The van der Waals surface area contributed by atoms with Gasteiger partial charge in [0.25, 0.3) is 0 Å². The van der Waals surface area contributed by atoms with Crippen LogP contribution in [0.5, 0.6) is 0 Å². The van der Waals surface area contributed by atoms with E-state index < -0.39 is 0 Å². The highest BCUT2D eigenvalue weighted by Crippen LogP contribution is 2.40. The van der Waals surface area contributed by atoms with Gasteiger partial charge in [-0.1, -0.05) is 0 Å². The zero-order valence-corrected chi connectivity index (χ0v) is 7.12. The lowest BCUT2D eigenvalue weighted by Gasteiger charge is -1.91. The normalized spacial score (nSPS) is 16.8. The molecule has 12 heavy (non-hydrogen) atoms. The molecule has 1 aromatic rings. The molecule has 0 unspecified atom stereocenters. The van der Waals surface area contributed by atoms with E-state index in [9.17, 15) is 0 Å². The highest BCUT2D eigenvalue weighted by Gasteiger charge is 2.27. The lowest BCUT2D eigenvalue weighted by molar-refractivity contribution is 0.451. The third-order valence-corrected chi connectivity index (χ3v) is 2.15. The zero-order chi connectivity index (χ0) is 8.39. The number of aryl methyl sites for hydroxylation is 1. The summed E-state index contributed by atoms with van der Waals surface area (Å²) in [5.41, 5.74) is 5.39. The summed E-state index contributed by atoms with van der Waals surface area (Å²) in [5.74, 6) is 2.59. The average Bonchev–Trinajstić information content (AvgIpc) is 2.83. The van der Waals surface area contributed by atoms with Crippen LogP contribution >= 0.6 is 0 Å². The Morgan fingerprint density at radius 1 is 1.58 bits per heavy atom. The molecule has 0 bridgehead atoms. The Kier molecular flexibility index (Phi) is 2.13. The van der Waals surface area contributed by atoms with Gasteiger partial charge in [-0.2, -0.15) is 0 Å². The van der Waals surface area contributed by atoms with Crippen molar-refractivity contribution in [2.75, 3.05) is 6.54 Å². The quantitative estimate of drug-likeness (QED) is 0.736. The van der Waals surface area contributed by atoms with E-state index in [1.54, 1.807) is 0 Å². The highest BCUT2D eigenvalue weighted by atomic mass is 16.4. The molecule has 0 amide bonds. The van der Waals surface area contributed by atoms with E-state index in [0.29, 0.717) is 12.5 Å². The summed E-state index contributed by atoms with van der Waals surface area (Å²) in [6.07, 6.45) is 6.24. The van der Waals surface area contributed by atoms with Gasteiger partial charge in [-0.05, 0) is 25.8 Å². The second-order valence-corrected chi connectivity index (χ2v) is 3.32. The Bertz CT molecular complexity index is 253. The molecule has 3 heteroatoms. The molecule has 1 aliphatic rings. The molecule has 1 aliphatic carbocycles. The first kappa shape index (κ1) is 7.80. The molecule has 1 saturated carbocycles. The number of oxazole rings is 1. The van der Waals surface area contributed by atoms with Crippen LogP contribution < -0.4 is 5.73 Å². The molecule has 1 fully saturated rings. The van der Waals surface area contributed by atoms with Crippen LogP contribution in [0.4, 0.5) is 0 Å². The van der Waals surface area contributed by atoms with Crippen molar-refractivity contribution in [3.8, 4) is 0 Å². The molecule has 0 aromatic carbocycles. The van der Waals surface area contributed by atoms with Gasteiger partial charge in [-0.25, -0.2) is 4.98 Å². The Balaban J connectivity index is 1.93. The van der Waals surface area contributed by atoms with Crippen molar-refractivity contribution in [3.63, 3.8) is 0 Å². The molecule has 3 nitrogen and oxygen atoms in total. The monoisotopic (exact) mass is 166 g/mol. The van der Waals surface area contributed by atoms with Crippen LogP contribution in [0.25, 0.3) is 0 Å². The van der Waals surface area contributed by atoms with Gasteiger partial charge in [0.2, 0.25) is 0 Å². The second-order valence-electron chi connectivity index (χ2n) is 3.32. The maximum Gasteiger partial charge on any atom is 0.194 e. The van der Waals surface area contributed by atoms with Crippen molar-refractivity contribution in [2.45, 2.75) is 31.6 Å². The number of rotatable bonds is 4. The molecule has 2 N–H and O–H groups in total. The minimum atomic E-state index is 0.670. The van der Waals surface area contributed by atoms with Crippen LogP contribution in [0.15, 0.2) is 10.6 Å². The third kappa shape index (κ3) is 1.67. The number of nitrogens with two attached hydrogens (primary N) is 1. The topological polar surface area (TPSA) is 52.0 Å². The van der Waals surface area contributed by atoms with Crippen LogP contribution in [0, 0.1) is 0 Å². The van der Waals surface area contributed by atoms with Gasteiger partial charge in [-0.3, -0.25) is 0 Å². The van der Waals surface area contributed by atoms with E-state index in [1.807, 2.05) is 6.20 Å². The summed E-state index contributed by atoms with van der Waals surface area (Å²) in [6.45, 7) is 0.709. The fourth-order valence-electron chi connectivity index (χ4n) is 1.25. The van der Waals surface area contributed by atoms with E-state index in [2.05, 4.69) is 4.98 Å². The molecule has 1 aromatic heterocycles. The van der Waals surface area contributed by atoms with Gasteiger partial charge in [0.05, 0.1) is 6.20 Å². The minimum Gasteiger partial charge on any atom is -0.445 e. The molecular formula is C9H14N2O. The standard InChI is InChI=1S/C9H14N2O/c10-5-1-2-9-11-6-8(12-9)7-3-4-7/h6-7H,1-5,10H2. The fourth-order valence-corrected chi connectivity index (χ4v) is 1.25. The van der Waals surface area contributed by atoms with E-state index in [1.165, 1.54) is 12.8 Å². The van der Waals surface area contributed by atoms with Crippen molar-refractivity contribution in [1.82, 2.24) is 4.98 Å². The molecule has 0 saturated heterocycles. The predicted molar refractivity (Wildman–Crippen MR) is 45.9 cm³/mol. The van der Waals surface area contributed by atoms with Gasteiger partial charge < -0.3 is 10.2 Å². The summed E-state index contributed by atoms with van der Waals surface area (Å²) in [6, 6.07) is 0. The first-order valence-electron chi connectivity index (χ1n) is 4.55. The lowest BCUT2D eigenvalue weighted by Crippen LogP contribution is -2.00. The van der Waals surface area contributed by atoms with Crippen LogP contribution in [0.3, 0.4) is 0 Å². The number of aromatic nitrogens is 1. The lowest BCUT2D eigenvalue weighted by atomic mass is 10.3. The maximum atomic E-state index is 5.54. The summed E-state index contributed by atoms with van der Waals surface area (Å²) in [5, 5.41) is 0. The SMILES string of the molecule is NCCCc1ncc(C2CC2)o1. The average molecular weight is 166 g/mol. The van der Waals surface area contributed by atoms with E-state index in [-0.39, 0.29) is 0 Å². The van der Waals surface area contributed by atoms with Gasteiger partial charge in [0.1, 0.15) is 5.76 Å². The first-order valence-corrected chi connectivity index (χ1v) is 4.55. The van der Waals surface area contributed by atoms with Crippen molar-refractivity contribution in [2.24, 2.45) is 5.73 Å². The van der Waals surface area contributed by atoms with Gasteiger partial charge in [0, 0.05) is 12.3 Å². The van der Waals surface area contributed by atoms with Crippen molar-refractivity contribution < 1.29 is 4.42 Å². The Labute approximate surface area is 72.0 Å². The molecular weight excluding hydrogens is 152 g/mol. The smallest absolute Gasteiger partial charge is 0.194 e. The first-order chi connectivity index (χ1) is 5.90. The number of hydrogen-bond acceptors (Lipinski definition) is 3. The molecule has 0 radical (unpaired) electrons. The summed E-state index contributed by atoms with van der Waals surface area (Å²) < 4.78 is 5.54. The van der Waals surface area contributed by atoms with Crippen LogP contribution in [0.1, 0.15) is 36.8 Å². The maximum absolute atomic E-state index is 5.54. The molecule has 0 aliphatic heterocycles. The van der Waals surface area contributed by atoms with Gasteiger partial charge in [0.15, 0.2) is 5.89 Å². The van der Waals surface area contributed by atoms with Crippen molar-refractivity contribution in [1.29, 1.82) is 0 Å². The van der Waals surface area contributed by atoms with E-state index >= 15 is 0 Å². The summed E-state index contributed by atoms with van der Waals surface area (Å²) in [4.78, 5) is 4.19. The second kappa shape index (κ2) is 3.27. The molecule has 0 spiro atoms. The Morgan fingerprint density at radius 2 is 2.42 bits per heavy atom. The minimum absolute atomic E-state index is 0.670. The van der Waals surface area contributed by atoms with E-state index in [4.69, 9.17) is 10.2 Å². The number of nitrogens with zero attached hydrogens (tertiary/aromatic N) is 1. The third-order valence-electron chi connectivity index (χ3n) is 2.15. The van der Waals surface area contributed by atoms with Gasteiger partial charge >= 0.3 is 0 Å². The van der Waals surface area contributed by atoms with Crippen molar-refractivity contribution in [3.05, 3.63) is 17.8 Å². The number of hydrogen-bond donors (Lipinski definition) is 1. The van der Waals surface area contributed by atoms with E-state index in [0.717, 1.165) is 24.5 Å². The molecule has 2 rings (SSSR count). The Morgan fingerprint density at radius 3 is 3.08 bits per heavy atom. The fraction of sp³-hybridized carbons (Fsp3) is 0.667. The van der Waals surface area contributed by atoms with Crippen LogP contribution in [0.2, 0.25) is 0 Å². The molecule has 66 valence electrons. The van der Waals surface area contributed by atoms with Crippen molar-refractivity contribution >= 4 is 0 Å². The van der Waals surface area contributed by atoms with Gasteiger partial charge in [-0.15, -0.1) is 0 Å². The van der Waals surface area contributed by atoms with Crippen LogP contribution in [-0.4, -0.2) is 11.5 Å². The Hall–Kier alpha value is -0.830. The predicted octanol–water partition coefficient (Wildman–Crippen LogP) is 1.44. The molecule has 0 atom stereocenters. The zero-order valence-electron chi connectivity index (χ0n) is 7.12. The van der Waals surface area contributed by atoms with Crippen LogP contribution in [-0.2, 0) is 6.42 Å². The summed E-state index contributed by atoms with van der Waals surface area (Å²) >= 11 is 0.